The standard InChI is InChI=1S/C33H23N3O5/c37-30(19-14-15-25-26(16-19)41-18-40-25)35-34-17-33-23-12-6-4-10-21(23)27(22-11-5-7-13-24(22)33)28-29(33)32(39)36(31(28)38)20-8-2-1-3-9-20/h1-17,27-29H,18H2,(H,35,37)/b34-17-/t27?,28-,29+,33?/m1/s1. The Morgan fingerprint density at radius 3 is 2.22 bits per heavy atom. The number of carbonyl (C=O) groups excluding carboxylic acids is 3. The second kappa shape index (κ2) is 8.63. The number of imide groups is 1. The van der Waals surface area contributed by atoms with Gasteiger partial charge >= 0.3 is 0 Å². The lowest BCUT2D eigenvalue weighted by atomic mass is 9.47. The largest absolute Gasteiger partial charge is 0.454 e. The van der Waals surface area contributed by atoms with Crippen molar-refractivity contribution in [2.24, 2.45) is 16.9 Å². The fourth-order valence-corrected chi connectivity index (χ4v) is 7.18. The fourth-order valence-electron chi connectivity index (χ4n) is 7.18. The number of ether oxygens (including phenoxy) is 2. The molecule has 0 unspecified atom stereocenters. The quantitative estimate of drug-likeness (QED) is 0.235. The molecule has 5 aliphatic rings. The molecule has 0 saturated carbocycles. The average Bonchev–Trinajstić information content (AvgIpc) is 3.59. The van der Waals surface area contributed by atoms with Crippen LogP contribution in [0.4, 0.5) is 5.69 Å². The van der Waals surface area contributed by atoms with E-state index in [0.717, 1.165) is 22.3 Å². The van der Waals surface area contributed by atoms with E-state index in [9.17, 15) is 14.4 Å². The van der Waals surface area contributed by atoms with Crippen molar-refractivity contribution >= 4 is 29.6 Å². The van der Waals surface area contributed by atoms with Gasteiger partial charge in [0.05, 0.1) is 22.9 Å². The Kier molecular flexibility index (Phi) is 4.97. The van der Waals surface area contributed by atoms with Crippen LogP contribution >= 0.6 is 0 Å². The Hall–Kier alpha value is -5.24. The Balaban J connectivity index is 1.27. The number of hydrazone groups is 1. The molecule has 2 aliphatic heterocycles. The highest BCUT2D eigenvalue weighted by Gasteiger charge is 2.68. The lowest BCUT2D eigenvalue weighted by Gasteiger charge is -2.52. The van der Waals surface area contributed by atoms with Crippen LogP contribution in [0.25, 0.3) is 0 Å². The normalized spacial score (nSPS) is 24.8. The van der Waals surface area contributed by atoms with Crippen LogP contribution in [0.15, 0.2) is 102 Å². The van der Waals surface area contributed by atoms with Gasteiger partial charge in [-0.15, -0.1) is 0 Å². The monoisotopic (exact) mass is 541 g/mol. The highest BCUT2D eigenvalue weighted by Crippen LogP contribution is 2.63. The molecule has 4 aromatic rings. The summed E-state index contributed by atoms with van der Waals surface area (Å²) >= 11 is 0. The van der Waals surface area contributed by atoms with Crippen LogP contribution in [0.5, 0.6) is 11.5 Å². The summed E-state index contributed by atoms with van der Waals surface area (Å²) in [5, 5.41) is 4.47. The first kappa shape index (κ1) is 23.6. The maximum Gasteiger partial charge on any atom is 0.271 e. The van der Waals surface area contributed by atoms with Gasteiger partial charge in [-0.05, 0) is 52.6 Å². The van der Waals surface area contributed by atoms with Crippen molar-refractivity contribution in [1.29, 1.82) is 0 Å². The summed E-state index contributed by atoms with van der Waals surface area (Å²) in [5.41, 5.74) is 6.32. The van der Waals surface area contributed by atoms with Crippen molar-refractivity contribution in [3.05, 3.63) is 125 Å². The zero-order valence-electron chi connectivity index (χ0n) is 21.7. The molecule has 1 N–H and O–H groups in total. The molecule has 2 atom stereocenters. The van der Waals surface area contributed by atoms with Crippen molar-refractivity contribution in [3.8, 4) is 11.5 Å². The van der Waals surface area contributed by atoms with Crippen molar-refractivity contribution < 1.29 is 23.9 Å². The summed E-state index contributed by atoms with van der Waals surface area (Å²) < 4.78 is 10.8. The lowest BCUT2D eigenvalue weighted by Crippen LogP contribution is -2.54. The maximum absolute atomic E-state index is 14.3. The molecule has 1 fully saturated rings. The van der Waals surface area contributed by atoms with E-state index in [1.54, 1.807) is 36.5 Å². The van der Waals surface area contributed by atoms with Gasteiger partial charge in [-0.3, -0.25) is 14.4 Å². The number of carbonyl (C=O) groups is 3. The average molecular weight is 542 g/mol. The van der Waals surface area contributed by atoms with E-state index in [0.29, 0.717) is 22.7 Å². The Morgan fingerprint density at radius 1 is 0.829 bits per heavy atom. The molecule has 0 spiro atoms. The van der Waals surface area contributed by atoms with Gasteiger partial charge in [0.1, 0.15) is 0 Å². The van der Waals surface area contributed by atoms with Gasteiger partial charge in [-0.1, -0.05) is 66.7 Å². The predicted octanol–water partition coefficient (Wildman–Crippen LogP) is 4.38. The lowest BCUT2D eigenvalue weighted by molar-refractivity contribution is -0.122. The van der Waals surface area contributed by atoms with Gasteiger partial charge in [0.2, 0.25) is 18.6 Å². The van der Waals surface area contributed by atoms with E-state index >= 15 is 0 Å². The van der Waals surface area contributed by atoms with Gasteiger partial charge in [-0.25, -0.2) is 10.3 Å². The molecule has 9 rings (SSSR count). The minimum atomic E-state index is -1.06. The number of hydrogen-bond donors (Lipinski definition) is 1. The fraction of sp³-hybridized carbons (Fsp3) is 0.152. The smallest absolute Gasteiger partial charge is 0.271 e. The molecular formula is C33H23N3O5. The molecule has 2 bridgehead atoms. The van der Waals surface area contributed by atoms with Crippen molar-refractivity contribution in [3.63, 3.8) is 0 Å². The Labute approximate surface area is 235 Å². The zero-order chi connectivity index (χ0) is 27.7. The van der Waals surface area contributed by atoms with E-state index < -0.39 is 23.2 Å². The Bertz CT molecular complexity index is 1750. The minimum absolute atomic E-state index is 0.107. The number of rotatable bonds is 4. The molecule has 4 aromatic carbocycles. The molecule has 1 saturated heterocycles. The molecule has 8 nitrogen and oxygen atoms in total. The van der Waals surface area contributed by atoms with Gasteiger partial charge in [0.15, 0.2) is 11.5 Å². The zero-order valence-corrected chi connectivity index (χ0v) is 21.7. The minimum Gasteiger partial charge on any atom is -0.454 e. The van der Waals surface area contributed by atoms with Crippen molar-refractivity contribution in [2.45, 2.75) is 11.3 Å². The van der Waals surface area contributed by atoms with Crippen LogP contribution in [-0.2, 0) is 15.0 Å². The highest BCUT2D eigenvalue weighted by molar-refractivity contribution is 6.25. The summed E-state index contributed by atoms with van der Waals surface area (Å²) in [6.07, 6.45) is 1.66. The number of benzene rings is 4. The molecule has 8 heteroatoms. The summed E-state index contributed by atoms with van der Waals surface area (Å²) in [7, 11) is 0. The van der Waals surface area contributed by atoms with Gasteiger partial charge in [-0.2, -0.15) is 5.10 Å². The number of nitrogens with zero attached hydrogens (tertiary/aromatic N) is 2. The molecule has 41 heavy (non-hydrogen) atoms. The van der Waals surface area contributed by atoms with E-state index in [4.69, 9.17) is 9.47 Å². The molecule has 3 amide bonds. The second-order valence-electron chi connectivity index (χ2n) is 10.6. The van der Waals surface area contributed by atoms with Gasteiger partial charge in [0.25, 0.3) is 5.91 Å². The summed E-state index contributed by atoms with van der Waals surface area (Å²) in [6, 6.07) is 29.8. The van der Waals surface area contributed by atoms with Gasteiger partial charge < -0.3 is 9.47 Å². The molecule has 200 valence electrons. The van der Waals surface area contributed by atoms with Crippen molar-refractivity contribution in [1.82, 2.24) is 5.43 Å². The first-order valence-corrected chi connectivity index (χ1v) is 13.5. The van der Waals surface area contributed by atoms with Crippen LogP contribution in [0.1, 0.15) is 38.5 Å². The van der Waals surface area contributed by atoms with Crippen LogP contribution in [0.2, 0.25) is 0 Å². The molecule has 0 aromatic heterocycles. The summed E-state index contributed by atoms with van der Waals surface area (Å²) in [6.45, 7) is 0.107. The van der Waals surface area contributed by atoms with E-state index in [1.807, 2.05) is 66.7 Å². The van der Waals surface area contributed by atoms with Crippen LogP contribution in [0.3, 0.4) is 0 Å². The SMILES string of the molecule is O=C(N/N=C\C12c3ccccc3C(c3ccccc31)[C@H]1C(=O)N(c3ccccc3)C(=O)[C@H]12)c1ccc2c(c1)OCO2. The highest BCUT2D eigenvalue weighted by atomic mass is 16.7. The van der Waals surface area contributed by atoms with Crippen LogP contribution in [-0.4, -0.2) is 30.7 Å². The number of fused-ring (bicyclic) bond motifs is 1. The molecule has 2 heterocycles. The number of nitrogens with one attached hydrogen (secondary N) is 1. The third-order valence-corrected chi connectivity index (χ3v) is 8.77. The number of para-hydroxylation sites is 1. The Morgan fingerprint density at radius 2 is 1.49 bits per heavy atom. The molecular weight excluding hydrogens is 518 g/mol. The third kappa shape index (κ3) is 3.15. The van der Waals surface area contributed by atoms with Crippen LogP contribution in [0, 0.1) is 11.8 Å². The number of anilines is 1. The van der Waals surface area contributed by atoms with E-state index in [2.05, 4.69) is 10.5 Å². The first-order chi connectivity index (χ1) is 20.1. The van der Waals surface area contributed by atoms with Crippen molar-refractivity contribution in [2.75, 3.05) is 11.7 Å². The van der Waals surface area contributed by atoms with E-state index in [1.165, 1.54) is 4.90 Å². The van der Waals surface area contributed by atoms with E-state index in [-0.39, 0.29) is 24.5 Å². The summed E-state index contributed by atoms with van der Waals surface area (Å²) in [5.74, 6) is -1.45. The molecule has 0 radical (unpaired) electrons. The second-order valence-corrected chi connectivity index (χ2v) is 10.6. The van der Waals surface area contributed by atoms with Crippen LogP contribution < -0.4 is 19.8 Å². The number of amides is 3. The third-order valence-electron chi connectivity index (χ3n) is 8.77. The summed E-state index contributed by atoms with van der Waals surface area (Å²) in [4.78, 5) is 42.9. The maximum atomic E-state index is 14.3. The van der Waals surface area contributed by atoms with Gasteiger partial charge in [0, 0.05) is 17.7 Å². The first-order valence-electron chi connectivity index (χ1n) is 13.5. The number of hydrogen-bond acceptors (Lipinski definition) is 6. The topological polar surface area (TPSA) is 97.3 Å². The predicted molar refractivity (Wildman–Crippen MR) is 150 cm³/mol. The molecule has 3 aliphatic carbocycles.